The number of hydrogen-bond acceptors (Lipinski definition) is 4. The summed E-state index contributed by atoms with van der Waals surface area (Å²) in [6.07, 6.45) is 1.99. The van der Waals surface area contributed by atoms with Gasteiger partial charge in [-0.3, -0.25) is 10.1 Å². The van der Waals surface area contributed by atoms with Gasteiger partial charge in [0.15, 0.2) is 0 Å². The molecule has 6 heteroatoms. The Balaban J connectivity index is 2.23. The molecule has 2 aromatic carbocycles. The zero-order chi connectivity index (χ0) is 16.7. The smallest absolute Gasteiger partial charge is 0.318 e. The number of urea groups is 1. The average Bonchev–Trinajstić information content (AvgIpc) is 2.51. The van der Waals surface area contributed by atoms with Crippen LogP contribution in [0.1, 0.15) is 18.4 Å². The number of unbranched alkanes of at least 4 members (excludes halogenated alkanes) is 1. The number of amides is 3. The molecule has 122 valence electrons. The molecule has 6 N–H and O–H groups in total. The van der Waals surface area contributed by atoms with Crippen molar-refractivity contribution < 1.29 is 9.59 Å². The molecule has 0 bridgehead atoms. The molecule has 23 heavy (non-hydrogen) atoms. The summed E-state index contributed by atoms with van der Waals surface area (Å²) in [7, 11) is 0. The molecule has 0 aliphatic rings. The van der Waals surface area contributed by atoms with Gasteiger partial charge in [0.25, 0.3) is 0 Å². The molecule has 0 heterocycles. The third-order valence-corrected chi connectivity index (χ3v) is 3.53. The van der Waals surface area contributed by atoms with Gasteiger partial charge in [0.1, 0.15) is 0 Å². The fraction of sp³-hybridized carbons (Fsp3) is 0.294. The van der Waals surface area contributed by atoms with Crippen molar-refractivity contribution >= 4 is 28.4 Å². The molecular weight excluding hydrogens is 292 g/mol. The summed E-state index contributed by atoms with van der Waals surface area (Å²) in [6, 6.07) is 11.1. The molecular formula is C17H22N4O2. The summed E-state index contributed by atoms with van der Waals surface area (Å²) in [5, 5.41) is 7.58. The molecule has 2 aromatic rings. The molecule has 0 spiro atoms. The number of primary amides is 1. The van der Waals surface area contributed by atoms with Crippen molar-refractivity contribution in [1.29, 1.82) is 0 Å². The van der Waals surface area contributed by atoms with Crippen molar-refractivity contribution in [3.8, 4) is 0 Å². The number of carbonyl (C=O) groups excluding carboxylic acids is 2. The van der Waals surface area contributed by atoms with E-state index in [1.165, 1.54) is 0 Å². The number of rotatable bonds is 7. The van der Waals surface area contributed by atoms with Gasteiger partial charge in [-0.25, -0.2) is 4.79 Å². The summed E-state index contributed by atoms with van der Waals surface area (Å²) >= 11 is 0. The van der Waals surface area contributed by atoms with Crippen molar-refractivity contribution in [1.82, 2.24) is 5.32 Å². The standard InChI is InChI=1S/C17H22N4O2/c18-7-3-4-8-20-15-10-13-6-2-1-5-12(13)9-14(15)11-16(22)21-17(19)23/h1-2,5-6,9-10,20H,3-4,7-8,11,18H2,(H3,19,21,22,23). The van der Waals surface area contributed by atoms with Crippen molar-refractivity contribution in [2.45, 2.75) is 19.3 Å². The van der Waals surface area contributed by atoms with E-state index in [4.69, 9.17) is 11.5 Å². The van der Waals surface area contributed by atoms with Gasteiger partial charge >= 0.3 is 6.03 Å². The fourth-order valence-electron chi connectivity index (χ4n) is 2.45. The van der Waals surface area contributed by atoms with Crippen LogP contribution in [0.5, 0.6) is 0 Å². The Hall–Kier alpha value is -2.60. The monoisotopic (exact) mass is 314 g/mol. The lowest BCUT2D eigenvalue weighted by molar-refractivity contribution is -0.119. The largest absolute Gasteiger partial charge is 0.385 e. The molecule has 0 unspecified atom stereocenters. The lowest BCUT2D eigenvalue weighted by Gasteiger charge is -2.13. The summed E-state index contributed by atoms with van der Waals surface area (Å²) in [5.74, 6) is -0.419. The van der Waals surface area contributed by atoms with Crippen LogP contribution in [0.25, 0.3) is 10.8 Å². The summed E-state index contributed by atoms with van der Waals surface area (Å²) in [4.78, 5) is 22.6. The zero-order valence-electron chi connectivity index (χ0n) is 13.0. The van der Waals surface area contributed by atoms with E-state index in [1.807, 2.05) is 36.4 Å². The lowest BCUT2D eigenvalue weighted by Crippen LogP contribution is -2.36. The Labute approximate surface area is 135 Å². The van der Waals surface area contributed by atoms with E-state index in [1.54, 1.807) is 0 Å². The number of hydrogen-bond donors (Lipinski definition) is 4. The highest BCUT2D eigenvalue weighted by molar-refractivity contribution is 5.96. The first-order valence-corrected chi connectivity index (χ1v) is 7.65. The summed E-state index contributed by atoms with van der Waals surface area (Å²) < 4.78 is 0. The lowest BCUT2D eigenvalue weighted by atomic mass is 10.0. The maximum atomic E-state index is 11.8. The molecule has 0 atom stereocenters. The predicted octanol–water partition coefficient (Wildman–Crippen LogP) is 1.73. The van der Waals surface area contributed by atoms with Crippen LogP contribution in [0.2, 0.25) is 0 Å². The number of fused-ring (bicyclic) bond motifs is 1. The van der Waals surface area contributed by atoms with Gasteiger partial charge in [0, 0.05) is 12.2 Å². The Kier molecular flexibility index (Phi) is 5.94. The highest BCUT2D eigenvalue weighted by atomic mass is 16.2. The van der Waals surface area contributed by atoms with E-state index in [0.29, 0.717) is 6.54 Å². The van der Waals surface area contributed by atoms with Crippen LogP contribution in [0.15, 0.2) is 36.4 Å². The minimum absolute atomic E-state index is 0.0903. The number of nitrogens with one attached hydrogen (secondary N) is 2. The zero-order valence-corrected chi connectivity index (χ0v) is 13.0. The second-order valence-corrected chi connectivity index (χ2v) is 5.37. The van der Waals surface area contributed by atoms with Crippen molar-refractivity contribution in [3.05, 3.63) is 42.0 Å². The van der Waals surface area contributed by atoms with Gasteiger partial charge in [-0.15, -0.1) is 0 Å². The molecule has 0 aliphatic carbocycles. The fourth-order valence-corrected chi connectivity index (χ4v) is 2.45. The molecule has 0 radical (unpaired) electrons. The number of anilines is 1. The van der Waals surface area contributed by atoms with E-state index in [2.05, 4.69) is 10.6 Å². The maximum Gasteiger partial charge on any atom is 0.318 e. The molecule has 2 rings (SSSR count). The number of carbonyl (C=O) groups is 2. The molecule has 0 aliphatic heterocycles. The van der Waals surface area contributed by atoms with Crippen molar-refractivity contribution in [2.24, 2.45) is 11.5 Å². The first-order valence-electron chi connectivity index (χ1n) is 7.65. The third kappa shape index (κ3) is 4.96. The second-order valence-electron chi connectivity index (χ2n) is 5.37. The maximum absolute atomic E-state index is 11.8. The van der Waals surface area contributed by atoms with Gasteiger partial charge < -0.3 is 16.8 Å². The highest BCUT2D eigenvalue weighted by Gasteiger charge is 2.11. The number of imide groups is 1. The van der Waals surface area contributed by atoms with Crippen LogP contribution in [0, 0.1) is 0 Å². The predicted molar refractivity (Wildman–Crippen MR) is 92.2 cm³/mol. The van der Waals surface area contributed by atoms with E-state index >= 15 is 0 Å². The highest BCUT2D eigenvalue weighted by Crippen LogP contribution is 2.24. The van der Waals surface area contributed by atoms with E-state index in [9.17, 15) is 9.59 Å². The summed E-state index contributed by atoms with van der Waals surface area (Å²) in [5.41, 5.74) is 12.2. The Morgan fingerprint density at radius 2 is 1.74 bits per heavy atom. The van der Waals surface area contributed by atoms with Crippen LogP contribution in [0.4, 0.5) is 10.5 Å². The Morgan fingerprint density at radius 1 is 1.04 bits per heavy atom. The van der Waals surface area contributed by atoms with Gasteiger partial charge in [-0.05, 0) is 47.9 Å². The molecule has 0 fully saturated rings. The van der Waals surface area contributed by atoms with E-state index < -0.39 is 11.9 Å². The van der Waals surface area contributed by atoms with E-state index in [-0.39, 0.29) is 6.42 Å². The molecule has 0 aromatic heterocycles. The molecule has 0 saturated heterocycles. The van der Waals surface area contributed by atoms with Crippen LogP contribution < -0.4 is 22.1 Å². The minimum atomic E-state index is -0.840. The van der Waals surface area contributed by atoms with Gasteiger partial charge in [0.05, 0.1) is 6.42 Å². The van der Waals surface area contributed by atoms with Gasteiger partial charge in [0.2, 0.25) is 5.91 Å². The van der Waals surface area contributed by atoms with Crippen LogP contribution >= 0.6 is 0 Å². The van der Waals surface area contributed by atoms with Crippen molar-refractivity contribution in [3.63, 3.8) is 0 Å². The molecule has 0 saturated carbocycles. The van der Waals surface area contributed by atoms with Gasteiger partial charge in [-0.1, -0.05) is 24.3 Å². The number of benzene rings is 2. The third-order valence-electron chi connectivity index (χ3n) is 3.53. The van der Waals surface area contributed by atoms with Crippen molar-refractivity contribution in [2.75, 3.05) is 18.4 Å². The topological polar surface area (TPSA) is 110 Å². The summed E-state index contributed by atoms with van der Waals surface area (Å²) in [6.45, 7) is 1.44. The molecule has 3 amide bonds. The van der Waals surface area contributed by atoms with Crippen LogP contribution in [0.3, 0.4) is 0 Å². The quantitative estimate of drug-likeness (QED) is 0.583. The minimum Gasteiger partial charge on any atom is -0.385 e. The normalized spacial score (nSPS) is 10.5. The SMILES string of the molecule is NCCCCNc1cc2ccccc2cc1CC(=O)NC(N)=O. The van der Waals surface area contributed by atoms with Gasteiger partial charge in [-0.2, -0.15) is 0 Å². The van der Waals surface area contributed by atoms with Crippen LogP contribution in [-0.4, -0.2) is 25.0 Å². The first-order chi connectivity index (χ1) is 11.1. The van der Waals surface area contributed by atoms with E-state index in [0.717, 1.165) is 41.4 Å². The molecule has 6 nitrogen and oxygen atoms in total. The number of nitrogens with two attached hydrogens (primary N) is 2. The second kappa shape index (κ2) is 8.14. The Morgan fingerprint density at radius 3 is 2.39 bits per heavy atom. The van der Waals surface area contributed by atoms with Crippen LogP contribution in [-0.2, 0) is 11.2 Å². The Bertz CT molecular complexity index is 700. The first kappa shape index (κ1) is 16.8. The average molecular weight is 314 g/mol.